The van der Waals surface area contributed by atoms with E-state index in [1.54, 1.807) is 61.7 Å². The Morgan fingerprint density at radius 2 is 1.45 bits per heavy atom. The molecule has 0 saturated carbocycles. The van der Waals surface area contributed by atoms with E-state index in [1.165, 1.54) is 23.1 Å². The molecule has 0 bridgehead atoms. The molecule has 0 aliphatic rings. The fourth-order valence-corrected chi connectivity index (χ4v) is 5.01. The highest BCUT2D eigenvalue weighted by molar-refractivity contribution is 7.15. The van der Waals surface area contributed by atoms with E-state index in [4.69, 9.17) is 21.1 Å². The molecule has 3 heterocycles. The molecule has 3 aromatic heterocycles. The molecule has 5 aromatic rings. The summed E-state index contributed by atoms with van der Waals surface area (Å²) in [6.07, 6.45) is -4.70. The first kappa shape index (κ1) is 25.7. The molecular formula is C27H20ClF3N4O2S. The lowest BCUT2D eigenvalue weighted by Gasteiger charge is -2.12. The van der Waals surface area contributed by atoms with Crippen molar-refractivity contribution in [1.29, 1.82) is 0 Å². The van der Waals surface area contributed by atoms with Gasteiger partial charge in [-0.3, -0.25) is 0 Å². The number of aryl methyl sites for hydroxylation is 1. The van der Waals surface area contributed by atoms with Crippen LogP contribution in [0.5, 0.6) is 11.5 Å². The quantitative estimate of drug-likeness (QED) is 0.214. The molecule has 38 heavy (non-hydrogen) atoms. The smallest absolute Gasteiger partial charge is 0.433 e. The number of benzene rings is 2. The average Bonchev–Trinajstić information content (AvgIpc) is 3.51. The minimum atomic E-state index is -4.70. The number of ether oxygens (including phenoxy) is 2. The molecule has 0 spiro atoms. The number of halogens is 4. The molecule has 2 aromatic carbocycles. The summed E-state index contributed by atoms with van der Waals surface area (Å²) < 4.78 is 53.6. The Bertz CT molecular complexity index is 1600. The largest absolute Gasteiger partial charge is 0.497 e. The number of rotatable bonds is 6. The number of thiophene rings is 1. The fraction of sp³-hybridized carbons (Fsp3) is 0.148. The topological polar surface area (TPSA) is 62.1 Å². The van der Waals surface area contributed by atoms with Gasteiger partial charge in [0.05, 0.1) is 35.5 Å². The maximum atomic E-state index is 13.9. The van der Waals surface area contributed by atoms with Crippen molar-refractivity contribution in [2.24, 2.45) is 0 Å². The SMILES string of the molecule is COc1ccc(-c2nn(-c3nc(-c4ccc(C)s4)cc(C(F)(F)F)n3)c(-c3ccc(OC)cc3)c2Cl)cc1. The van der Waals surface area contributed by atoms with Gasteiger partial charge in [0.25, 0.3) is 5.95 Å². The second-order valence-electron chi connectivity index (χ2n) is 8.23. The second kappa shape index (κ2) is 10.1. The summed E-state index contributed by atoms with van der Waals surface area (Å²) in [5, 5.41) is 4.84. The summed E-state index contributed by atoms with van der Waals surface area (Å²) >= 11 is 8.20. The van der Waals surface area contributed by atoms with Gasteiger partial charge in [0.15, 0.2) is 5.69 Å². The maximum Gasteiger partial charge on any atom is 0.433 e. The summed E-state index contributed by atoms with van der Waals surface area (Å²) in [5.41, 5.74) is 0.992. The van der Waals surface area contributed by atoms with Crippen molar-refractivity contribution >= 4 is 22.9 Å². The van der Waals surface area contributed by atoms with E-state index in [2.05, 4.69) is 15.1 Å². The third-order valence-electron chi connectivity index (χ3n) is 5.74. The van der Waals surface area contributed by atoms with Crippen LogP contribution in [0.1, 0.15) is 10.6 Å². The Balaban J connectivity index is 1.77. The lowest BCUT2D eigenvalue weighted by Crippen LogP contribution is -2.14. The summed E-state index contributed by atoms with van der Waals surface area (Å²) in [5.74, 6) is 0.988. The number of aromatic nitrogens is 4. The van der Waals surface area contributed by atoms with Crippen molar-refractivity contribution in [2.75, 3.05) is 14.2 Å². The Morgan fingerprint density at radius 3 is 1.97 bits per heavy atom. The highest BCUT2D eigenvalue weighted by Gasteiger charge is 2.35. The van der Waals surface area contributed by atoms with Crippen molar-refractivity contribution in [3.8, 4) is 50.5 Å². The van der Waals surface area contributed by atoms with Crippen LogP contribution in [0.2, 0.25) is 5.02 Å². The third-order valence-corrected chi connectivity index (χ3v) is 7.12. The Morgan fingerprint density at radius 1 is 0.842 bits per heavy atom. The molecule has 6 nitrogen and oxygen atoms in total. The van der Waals surface area contributed by atoms with Gasteiger partial charge < -0.3 is 9.47 Å². The van der Waals surface area contributed by atoms with Gasteiger partial charge in [-0.2, -0.15) is 23.0 Å². The maximum absolute atomic E-state index is 13.9. The Kier molecular flexibility index (Phi) is 6.85. The first-order valence-electron chi connectivity index (χ1n) is 11.3. The van der Waals surface area contributed by atoms with E-state index in [9.17, 15) is 13.2 Å². The molecule has 11 heteroatoms. The van der Waals surface area contributed by atoms with Crippen molar-refractivity contribution < 1.29 is 22.6 Å². The summed E-state index contributed by atoms with van der Waals surface area (Å²) in [4.78, 5) is 9.88. The Hall–Kier alpha value is -3.89. The lowest BCUT2D eigenvalue weighted by atomic mass is 10.1. The second-order valence-corrected chi connectivity index (χ2v) is 9.89. The minimum absolute atomic E-state index is 0.138. The first-order chi connectivity index (χ1) is 18.2. The van der Waals surface area contributed by atoms with E-state index < -0.39 is 11.9 Å². The van der Waals surface area contributed by atoms with Crippen LogP contribution in [0.15, 0.2) is 66.7 Å². The molecule has 0 saturated heterocycles. The summed E-state index contributed by atoms with van der Waals surface area (Å²) in [7, 11) is 3.09. The highest BCUT2D eigenvalue weighted by atomic mass is 35.5. The number of hydrogen-bond acceptors (Lipinski definition) is 6. The standard InChI is InChI=1S/C27H20ClF3N4O2S/c1-15-4-13-21(38-15)20-14-22(27(29,30)31)33-26(32-20)35-25(17-7-11-19(37-3)12-8-17)23(28)24(34-35)16-5-9-18(36-2)10-6-16/h4-14H,1-3H3. The summed E-state index contributed by atoms with van der Waals surface area (Å²) in [6.45, 7) is 1.87. The van der Waals surface area contributed by atoms with E-state index in [0.29, 0.717) is 38.9 Å². The first-order valence-corrected chi connectivity index (χ1v) is 12.5. The van der Waals surface area contributed by atoms with E-state index >= 15 is 0 Å². The monoisotopic (exact) mass is 556 g/mol. The highest BCUT2D eigenvalue weighted by Crippen LogP contribution is 2.40. The molecule has 0 atom stereocenters. The molecule has 0 aliphatic heterocycles. The molecule has 0 unspecified atom stereocenters. The third kappa shape index (κ3) is 4.97. The predicted molar refractivity (Wildman–Crippen MR) is 141 cm³/mol. The van der Waals surface area contributed by atoms with Crippen LogP contribution in [-0.2, 0) is 6.18 Å². The zero-order chi connectivity index (χ0) is 27.0. The summed E-state index contributed by atoms with van der Waals surface area (Å²) in [6, 6.07) is 18.5. The van der Waals surface area contributed by atoms with Gasteiger partial charge in [0.1, 0.15) is 17.2 Å². The zero-order valence-corrected chi connectivity index (χ0v) is 21.9. The lowest BCUT2D eigenvalue weighted by molar-refractivity contribution is -0.141. The van der Waals surface area contributed by atoms with Crippen LogP contribution in [-0.4, -0.2) is 34.0 Å². The van der Waals surface area contributed by atoms with Gasteiger partial charge in [-0.25, -0.2) is 9.97 Å². The molecule has 0 radical (unpaired) electrons. The minimum Gasteiger partial charge on any atom is -0.497 e. The molecule has 0 amide bonds. The Labute approximate surface area is 225 Å². The van der Waals surface area contributed by atoms with Crippen molar-refractivity contribution in [3.63, 3.8) is 0 Å². The predicted octanol–water partition coefficient (Wildman–Crippen LogP) is 7.72. The number of alkyl halides is 3. The fourth-order valence-electron chi connectivity index (χ4n) is 3.85. The number of hydrogen-bond donors (Lipinski definition) is 0. The van der Waals surface area contributed by atoms with Crippen LogP contribution < -0.4 is 9.47 Å². The van der Waals surface area contributed by atoms with Crippen LogP contribution in [0.25, 0.3) is 39.0 Å². The zero-order valence-electron chi connectivity index (χ0n) is 20.4. The van der Waals surface area contributed by atoms with Crippen molar-refractivity contribution in [1.82, 2.24) is 19.7 Å². The normalized spacial score (nSPS) is 11.6. The van der Waals surface area contributed by atoms with E-state index in [1.807, 2.05) is 13.0 Å². The van der Waals surface area contributed by atoms with E-state index in [-0.39, 0.29) is 16.7 Å². The van der Waals surface area contributed by atoms with Crippen LogP contribution >= 0.6 is 22.9 Å². The molecule has 0 fully saturated rings. The van der Waals surface area contributed by atoms with Crippen LogP contribution in [0.4, 0.5) is 13.2 Å². The van der Waals surface area contributed by atoms with Gasteiger partial charge in [-0.05, 0) is 73.7 Å². The van der Waals surface area contributed by atoms with Gasteiger partial charge >= 0.3 is 6.18 Å². The van der Waals surface area contributed by atoms with Gasteiger partial charge in [0, 0.05) is 16.0 Å². The molecular weight excluding hydrogens is 537 g/mol. The number of nitrogens with zero attached hydrogens (tertiary/aromatic N) is 4. The number of methoxy groups -OCH3 is 2. The van der Waals surface area contributed by atoms with E-state index in [0.717, 1.165) is 10.9 Å². The van der Waals surface area contributed by atoms with Crippen molar-refractivity contribution in [3.05, 3.63) is 82.3 Å². The molecule has 194 valence electrons. The molecule has 5 rings (SSSR count). The van der Waals surface area contributed by atoms with Gasteiger partial charge in [-0.15, -0.1) is 11.3 Å². The molecule has 0 N–H and O–H groups in total. The van der Waals surface area contributed by atoms with Crippen molar-refractivity contribution in [2.45, 2.75) is 13.1 Å². The molecule has 0 aliphatic carbocycles. The average molecular weight is 557 g/mol. The van der Waals surface area contributed by atoms with Gasteiger partial charge in [-0.1, -0.05) is 11.6 Å². The van der Waals surface area contributed by atoms with Gasteiger partial charge in [0.2, 0.25) is 0 Å². The van der Waals surface area contributed by atoms with Crippen LogP contribution in [0, 0.1) is 6.92 Å². The van der Waals surface area contributed by atoms with Crippen LogP contribution in [0.3, 0.4) is 0 Å².